The summed E-state index contributed by atoms with van der Waals surface area (Å²) in [6.07, 6.45) is 3.37. The highest BCUT2D eigenvalue weighted by molar-refractivity contribution is 7.08. The number of hydrogen-bond donors (Lipinski definition) is 0. The molecule has 1 atom stereocenters. The Balaban J connectivity index is 1.72. The maximum absolute atomic E-state index is 5.49. The van der Waals surface area contributed by atoms with E-state index >= 15 is 0 Å². The Morgan fingerprint density at radius 1 is 1.54 bits per heavy atom. The third-order valence-corrected chi connectivity index (χ3v) is 2.74. The molecule has 1 saturated heterocycles. The molecule has 0 amide bonds. The van der Waals surface area contributed by atoms with Crippen LogP contribution in [0.25, 0.3) is 0 Å². The molecular formula is C10H13O2S. The van der Waals surface area contributed by atoms with E-state index in [0.29, 0.717) is 0 Å². The van der Waals surface area contributed by atoms with Crippen LogP contribution in [0.3, 0.4) is 0 Å². The first-order valence-corrected chi connectivity index (χ1v) is 5.52. The normalized spacial score (nSPS) is 23.2. The summed E-state index contributed by atoms with van der Waals surface area (Å²) in [5, 5.41) is 4.10. The highest BCUT2D eigenvalue weighted by atomic mass is 32.1. The zero-order valence-electron chi connectivity index (χ0n) is 7.44. The number of ether oxygens (including phenoxy) is 2. The lowest BCUT2D eigenvalue weighted by atomic mass is 10.2. The van der Waals surface area contributed by atoms with Gasteiger partial charge in [0.25, 0.3) is 0 Å². The molecule has 0 bridgehead atoms. The van der Waals surface area contributed by atoms with Crippen molar-refractivity contribution >= 4 is 11.3 Å². The van der Waals surface area contributed by atoms with E-state index in [0.717, 1.165) is 25.0 Å². The van der Waals surface area contributed by atoms with Gasteiger partial charge in [-0.05, 0) is 41.7 Å². The van der Waals surface area contributed by atoms with Gasteiger partial charge < -0.3 is 9.47 Å². The average Bonchev–Trinajstić information content (AvgIpc) is 2.69. The quantitative estimate of drug-likeness (QED) is 0.741. The Morgan fingerprint density at radius 2 is 2.54 bits per heavy atom. The van der Waals surface area contributed by atoms with E-state index < -0.39 is 0 Å². The van der Waals surface area contributed by atoms with E-state index in [2.05, 4.69) is 5.38 Å². The SMILES string of the molecule is [CH](OC1CCCCO1)c1ccsc1. The summed E-state index contributed by atoms with van der Waals surface area (Å²) in [7, 11) is 0. The molecule has 2 heterocycles. The zero-order valence-corrected chi connectivity index (χ0v) is 8.26. The molecule has 0 spiro atoms. The van der Waals surface area contributed by atoms with Gasteiger partial charge in [0.05, 0.1) is 0 Å². The fourth-order valence-electron chi connectivity index (χ4n) is 1.32. The first-order valence-electron chi connectivity index (χ1n) is 4.57. The standard InChI is InChI=1S/C10H13O2S/c1-2-5-11-10(3-1)12-7-9-4-6-13-8-9/h4,6-8,10H,1-3,5H2. The van der Waals surface area contributed by atoms with Crippen LogP contribution in [-0.2, 0) is 9.47 Å². The second-order valence-corrected chi connectivity index (χ2v) is 3.89. The maximum Gasteiger partial charge on any atom is 0.158 e. The van der Waals surface area contributed by atoms with Crippen molar-refractivity contribution in [2.75, 3.05) is 6.61 Å². The second-order valence-electron chi connectivity index (χ2n) is 3.11. The fourth-order valence-corrected chi connectivity index (χ4v) is 1.92. The van der Waals surface area contributed by atoms with Gasteiger partial charge in [-0.2, -0.15) is 11.3 Å². The summed E-state index contributed by atoms with van der Waals surface area (Å²) < 4.78 is 10.9. The van der Waals surface area contributed by atoms with Gasteiger partial charge in [-0.1, -0.05) is 0 Å². The summed E-state index contributed by atoms with van der Waals surface area (Å²) in [5.74, 6) is 0. The van der Waals surface area contributed by atoms with E-state index in [9.17, 15) is 0 Å². The van der Waals surface area contributed by atoms with Crippen LogP contribution in [-0.4, -0.2) is 12.9 Å². The lowest BCUT2D eigenvalue weighted by Crippen LogP contribution is -2.21. The maximum atomic E-state index is 5.49. The molecule has 0 saturated carbocycles. The van der Waals surface area contributed by atoms with Crippen molar-refractivity contribution in [2.24, 2.45) is 0 Å². The van der Waals surface area contributed by atoms with Crippen LogP contribution < -0.4 is 0 Å². The topological polar surface area (TPSA) is 18.5 Å². The first-order chi connectivity index (χ1) is 6.45. The van der Waals surface area contributed by atoms with Gasteiger partial charge in [0.15, 0.2) is 6.29 Å². The first kappa shape index (κ1) is 9.19. The van der Waals surface area contributed by atoms with Crippen LogP contribution in [0.4, 0.5) is 0 Å². The third-order valence-electron chi connectivity index (χ3n) is 2.04. The minimum absolute atomic E-state index is 0.0198. The molecule has 0 N–H and O–H groups in total. The lowest BCUT2D eigenvalue weighted by molar-refractivity contribution is -0.139. The monoisotopic (exact) mass is 197 g/mol. The molecule has 13 heavy (non-hydrogen) atoms. The minimum atomic E-state index is -0.0198. The Labute approximate surface area is 82.5 Å². The lowest BCUT2D eigenvalue weighted by Gasteiger charge is -2.22. The van der Waals surface area contributed by atoms with Crippen LogP contribution in [0, 0.1) is 6.61 Å². The fraction of sp³-hybridized carbons (Fsp3) is 0.500. The Morgan fingerprint density at radius 3 is 3.23 bits per heavy atom. The van der Waals surface area contributed by atoms with Gasteiger partial charge in [0.1, 0.15) is 6.61 Å². The van der Waals surface area contributed by atoms with Gasteiger partial charge in [-0.15, -0.1) is 0 Å². The van der Waals surface area contributed by atoms with Crippen LogP contribution in [0.5, 0.6) is 0 Å². The smallest absolute Gasteiger partial charge is 0.158 e. The molecule has 1 radical (unpaired) electrons. The summed E-state index contributed by atoms with van der Waals surface area (Å²) in [6, 6.07) is 2.04. The molecule has 1 unspecified atom stereocenters. The van der Waals surface area contributed by atoms with E-state index in [1.807, 2.05) is 11.4 Å². The van der Waals surface area contributed by atoms with E-state index in [4.69, 9.17) is 9.47 Å². The van der Waals surface area contributed by atoms with Crippen LogP contribution in [0.2, 0.25) is 0 Å². The van der Waals surface area contributed by atoms with E-state index in [-0.39, 0.29) is 6.29 Å². The summed E-state index contributed by atoms with van der Waals surface area (Å²) in [4.78, 5) is 0. The second kappa shape index (κ2) is 4.74. The molecule has 1 aliphatic rings. The molecule has 2 rings (SSSR count). The molecule has 3 heteroatoms. The molecule has 2 nitrogen and oxygen atoms in total. The number of hydrogen-bond acceptors (Lipinski definition) is 3. The highest BCUT2D eigenvalue weighted by Gasteiger charge is 2.13. The van der Waals surface area contributed by atoms with Gasteiger partial charge >= 0.3 is 0 Å². The van der Waals surface area contributed by atoms with Crippen molar-refractivity contribution < 1.29 is 9.47 Å². The van der Waals surface area contributed by atoms with Crippen molar-refractivity contribution in [1.29, 1.82) is 0 Å². The summed E-state index contributed by atoms with van der Waals surface area (Å²) in [6.45, 7) is 2.62. The van der Waals surface area contributed by atoms with Crippen molar-refractivity contribution in [2.45, 2.75) is 25.6 Å². The molecule has 71 valence electrons. The van der Waals surface area contributed by atoms with Crippen LogP contribution in [0.15, 0.2) is 16.8 Å². The zero-order chi connectivity index (χ0) is 8.93. The predicted octanol–water partition coefficient (Wildman–Crippen LogP) is 2.80. The molecular weight excluding hydrogens is 184 g/mol. The molecule has 0 aliphatic carbocycles. The highest BCUT2D eigenvalue weighted by Crippen LogP contribution is 2.17. The van der Waals surface area contributed by atoms with Crippen molar-refractivity contribution in [3.63, 3.8) is 0 Å². The van der Waals surface area contributed by atoms with Gasteiger partial charge in [-0.3, -0.25) is 0 Å². The van der Waals surface area contributed by atoms with Gasteiger partial charge in [0.2, 0.25) is 0 Å². The molecule has 0 aromatic carbocycles. The average molecular weight is 197 g/mol. The third kappa shape index (κ3) is 2.79. The van der Waals surface area contributed by atoms with E-state index in [1.165, 1.54) is 6.42 Å². The summed E-state index contributed by atoms with van der Waals surface area (Å²) in [5.41, 5.74) is 1.12. The molecule has 1 aromatic rings. The Bertz CT molecular complexity index is 227. The van der Waals surface area contributed by atoms with Crippen LogP contribution >= 0.6 is 11.3 Å². The predicted molar refractivity (Wildman–Crippen MR) is 52.4 cm³/mol. The van der Waals surface area contributed by atoms with Gasteiger partial charge in [0, 0.05) is 6.61 Å². The number of thiophene rings is 1. The van der Waals surface area contributed by atoms with Crippen molar-refractivity contribution in [3.05, 3.63) is 29.0 Å². The van der Waals surface area contributed by atoms with E-state index in [1.54, 1.807) is 17.9 Å². The van der Waals surface area contributed by atoms with Crippen molar-refractivity contribution in [1.82, 2.24) is 0 Å². The molecule has 1 fully saturated rings. The van der Waals surface area contributed by atoms with Crippen LogP contribution in [0.1, 0.15) is 24.8 Å². The minimum Gasteiger partial charge on any atom is -0.353 e. The summed E-state index contributed by atoms with van der Waals surface area (Å²) >= 11 is 1.67. The number of rotatable bonds is 3. The Kier molecular flexibility index (Phi) is 3.35. The molecule has 1 aliphatic heterocycles. The Hall–Kier alpha value is -0.380. The van der Waals surface area contributed by atoms with Gasteiger partial charge in [-0.25, -0.2) is 0 Å². The molecule has 1 aromatic heterocycles. The largest absolute Gasteiger partial charge is 0.353 e. The van der Waals surface area contributed by atoms with Crippen molar-refractivity contribution in [3.8, 4) is 0 Å².